The summed E-state index contributed by atoms with van der Waals surface area (Å²) in [5.74, 6) is -0.561. The standard InChI is InChI=1S/C21H16ClN3O3S/c1-28-19(26)12-25-11-13(16-7-2-3-8-17(16)25)9-18-20(27)24-21(29-18)23-15-6-4-5-14(22)10-15/h2-11H,12H2,1H3,(H,23,24,27)/b18-9-. The van der Waals surface area contributed by atoms with Crippen molar-refractivity contribution in [3.05, 3.63) is 70.2 Å². The monoisotopic (exact) mass is 425 g/mol. The number of benzene rings is 2. The fourth-order valence-electron chi connectivity index (χ4n) is 3.01. The summed E-state index contributed by atoms with van der Waals surface area (Å²) in [7, 11) is 1.36. The highest BCUT2D eigenvalue weighted by atomic mass is 35.5. The zero-order valence-corrected chi connectivity index (χ0v) is 17.0. The Kier molecular flexibility index (Phi) is 5.42. The van der Waals surface area contributed by atoms with Gasteiger partial charge in [-0.05, 0) is 42.1 Å². The number of ether oxygens (including phenoxy) is 1. The van der Waals surface area contributed by atoms with Gasteiger partial charge in [0.2, 0.25) is 0 Å². The highest BCUT2D eigenvalue weighted by Gasteiger charge is 2.24. The van der Waals surface area contributed by atoms with E-state index in [0.717, 1.165) is 16.5 Å². The predicted molar refractivity (Wildman–Crippen MR) is 116 cm³/mol. The van der Waals surface area contributed by atoms with Gasteiger partial charge in [-0.15, -0.1) is 0 Å². The van der Waals surface area contributed by atoms with E-state index in [4.69, 9.17) is 16.3 Å². The molecule has 0 atom stereocenters. The van der Waals surface area contributed by atoms with E-state index in [1.807, 2.05) is 41.1 Å². The Bertz CT molecular complexity index is 1180. The third-order valence-corrected chi connectivity index (χ3v) is 5.47. The molecule has 2 aromatic carbocycles. The Morgan fingerprint density at radius 1 is 1.28 bits per heavy atom. The molecule has 1 aromatic heterocycles. The summed E-state index contributed by atoms with van der Waals surface area (Å²) in [6.45, 7) is 0.0982. The molecule has 0 bridgehead atoms. The maximum absolute atomic E-state index is 12.4. The molecular weight excluding hydrogens is 410 g/mol. The zero-order valence-electron chi connectivity index (χ0n) is 15.4. The van der Waals surface area contributed by atoms with Crippen molar-refractivity contribution in [3.63, 3.8) is 0 Å². The number of carbonyl (C=O) groups excluding carboxylic acids is 2. The van der Waals surface area contributed by atoms with E-state index in [0.29, 0.717) is 20.8 Å². The molecule has 0 aliphatic carbocycles. The lowest BCUT2D eigenvalue weighted by Crippen LogP contribution is -2.19. The molecule has 6 nitrogen and oxygen atoms in total. The average Bonchev–Trinajstić information content (AvgIpc) is 3.22. The summed E-state index contributed by atoms with van der Waals surface area (Å²) < 4.78 is 6.58. The Balaban J connectivity index is 1.66. The molecule has 0 unspecified atom stereocenters. The number of aromatic nitrogens is 1. The summed E-state index contributed by atoms with van der Waals surface area (Å²) >= 11 is 7.25. The van der Waals surface area contributed by atoms with E-state index in [1.54, 1.807) is 24.3 Å². The fraction of sp³-hybridized carbons (Fsp3) is 0.0952. The van der Waals surface area contributed by atoms with Crippen LogP contribution in [-0.2, 0) is 20.9 Å². The summed E-state index contributed by atoms with van der Waals surface area (Å²) in [4.78, 5) is 29.1. The average molecular weight is 426 g/mol. The van der Waals surface area contributed by atoms with Crippen LogP contribution >= 0.6 is 23.4 Å². The second-order valence-electron chi connectivity index (χ2n) is 6.27. The largest absolute Gasteiger partial charge is 0.468 e. The summed E-state index contributed by atoms with van der Waals surface area (Å²) in [5, 5.41) is 4.78. The Morgan fingerprint density at radius 2 is 2.10 bits per heavy atom. The Hall–Kier alpha value is -3.03. The number of aliphatic imine (C=N–C) groups is 1. The van der Waals surface area contributed by atoms with Crippen molar-refractivity contribution in [2.45, 2.75) is 6.54 Å². The van der Waals surface area contributed by atoms with Crippen LogP contribution in [0.3, 0.4) is 0 Å². The number of amides is 1. The van der Waals surface area contributed by atoms with Crippen molar-refractivity contribution in [2.24, 2.45) is 4.99 Å². The minimum atomic E-state index is -0.339. The number of hydrogen-bond acceptors (Lipinski definition) is 5. The number of carbonyl (C=O) groups is 2. The highest BCUT2D eigenvalue weighted by molar-refractivity contribution is 8.18. The SMILES string of the molecule is COC(=O)Cn1cc(/C=C2\SC(=Nc3cccc(Cl)c3)NC2=O)c2ccccc21. The molecule has 1 aliphatic rings. The number of amidine groups is 1. The first-order valence-corrected chi connectivity index (χ1v) is 9.93. The summed E-state index contributed by atoms with van der Waals surface area (Å²) in [6.07, 6.45) is 3.64. The van der Waals surface area contributed by atoms with Crippen molar-refractivity contribution in [2.75, 3.05) is 7.11 Å². The Labute approximate surface area is 176 Å². The van der Waals surface area contributed by atoms with Crippen LogP contribution in [0.4, 0.5) is 5.69 Å². The molecule has 1 saturated heterocycles. The van der Waals surface area contributed by atoms with Crippen molar-refractivity contribution in [1.29, 1.82) is 0 Å². The van der Waals surface area contributed by atoms with E-state index in [9.17, 15) is 9.59 Å². The van der Waals surface area contributed by atoms with Gasteiger partial charge in [0.15, 0.2) is 5.17 Å². The van der Waals surface area contributed by atoms with Gasteiger partial charge in [-0.1, -0.05) is 35.9 Å². The number of esters is 1. The van der Waals surface area contributed by atoms with Gasteiger partial charge in [-0.3, -0.25) is 9.59 Å². The molecule has 0 spiro atoms. The van der Waals surface area contributed by atoms with E-state index in [1.165, 1.54) is 18.9 Å². The topological polar surface area (TPSA) is 72.7 Å². The third-order valence-electron chi connectivity index (χ3n) is 4.32. The Morgan fingerprint density at radius 3 is 2.90 bits per heavy atom. The lowest BCUT2D eigenvalue weighted by atomic mass is 10.1. The maximum Gasteiger partial charge on any atom is 0.325 e. The van der Waals surface area contributed by atoms with Crippen molar-refractivity contribution in [3.8, 4) is 0 Å². The molecule has 146 valence electrons. The number of hydrogen-bond donors (Lipinski definition) is 1. The van der Waals surface area contributed by atoms with Crippen LogP contribution in [0.2, 0.25) is 5.02 Å². The second kappa shape index (κ2) is 8.14. The first-order valence-electron chi connectivity index (χ1n) is 8.73. The van der Waals surface area contributed by atoms with Gasteiger partial charge in [-0.2, -0.15) is 0 Å². The zero-order chi connectivity index (χ0) is 20.4. The number of methoxy groups -OCH3 is 1. The van der Waals surface area contributed by atoms with Crippen LogP contribution in [0, 0.1) is 0 Å². The number of halogens is 1. The maximum atomic E-state index is 12.4. The van der Waals surface area contributed by atoms with E-state index in [2.05, 4.69) is 10.3 Å². The van der Waals surface area contributed by atoms with Crippen molar-refractivity contribution in [1.82, 2.24) is 9.88 Å². The molecule has 2 heterocycles. The second-order valence-corrected chi connectivity index (χ2v) is 7.73. The van der Waals surface area contributed by atoms with Crippen LogP contribution in [0.5, 0.6) is 0 Å². The lowest BCUT2D eigenvalue weighted by molar-refractivity contribution is -0.141. The number of thioether (sulfide) groups is 1. The minimum absolute atomic E-state index is 0.0982. The molecule has 1 N–H and O–H groups in total. The smallest absolute Gasteiger partial charge is 0.325 e. The van der Waals surface area contributed by atoms with Gasteiger partial charge in [0.25, 0.3) is 5.91 Å². The number of nitrogens with one attached hydrogen (secondary N) is 1. The highest BCUT2D eigenvalue weighted by Crippen LogP contribution is 2.31. The molecule has 1 aliphatic heterocycles. The van der Waals surface area contributed by atoms with Gasteiger partial charge in [0, 0.05) is 27.7 Å². The molecule has 3 aromatic rings. The van der Waals surface area contributed by atoms with E-state index >= 15 is 0 Å². The normalized spacial score (nSPS) is 16.6. The first-order chi connectivity index (χ1) is 14.0. The van der Waals surface area contributed by atoms with Gasteiger partial charge in [-0.25, -0.2) is 4.99 Å². The van der Waals surface area contributed by atoms with Crippen molar-refractivity contribution >= 4 is 63.1 Å². The number of fused-ring (bicyclic) bond motifs is 1. The minimum Gasteiger partial charge on any atom is -0.468 e. The quantitative estimate of drug-likeness (QED) is 0.498. The molecule has 1 amide bonds. The van der Waals surface area contributed by atoms with Gasteiger partial charge in [0.05, 0.1) is 17.7 Å². The van der Waals surface area contributed by atoms with Crippen molar-refractivity contribution < 1.29 is 14.3 Å². The van der Waals surface area contributed by atoms with E-state index < -0.39 is 0 Å². The molecular formula is C21H16ClN3O3S. The lowest BCUT2D eigenvalue weighted by Gasteiger charge is -2.02. The van der Waals surface area contributed by atoms with Crippen LogP contribution in [0.15, 0.2) is 64.6 Å². The van der Waals surface area contributed by atoms with Crippen LogP contribution in [-0.4, -0.2) is 28.7 Å². The molecule has 0 saturated carbocycles. The van der Waals surface area contributed by atoms with E-state index in [-0.39, 0.29) is 18.4 Å². The van der Waals surface area contributed by atoms with Crippen LogP contribution in [0.1, 0.15) is 5.56 Å². The predicted octanol–water partition coefficient (Wildman–Crippen LogP) is 4.36. The van der Waals surface area contributed by atoms with Crippen LogP contribution < -0.4 is 5.32 Å². The molecule has 8 heteroatoms. The number of rotatable bonds is 4. The third kappa shape index (κ3) is 4.21. The van der Waals surface area contributed by atoms with Crippen LogP contribution in [0.25, 0.3) is 17.0 Å². The molecule has 0 radical (unpaired) electrons. The molecule has 4 rings (SSSR count). The first kappa shape index (κ1) is 19.3. The summed E-state index contributed by atoms with van der Waals surface area (Å²) in [6, 6.07) is 14.8. The van der Waals surface area contributed by atoms with Gasteiger partial charge in [0.1, 0.15) is 6.54 Å². The number of para-hydroxylation sites is 1. The number of nitrogens with zero attached hydrogens (tertiary/aromatic N) is 2. The summed E-state index contributed by atoms with van der Waals surface area (Å²) in [5.41, 5.74) is 2.39. The van der Waals surface area contributed by atoms with Gasteiger partial charge >= 0.3 is 5.97 Å². The van der Waals surface area contributed by atoms with Gasteiger partial charge < -0.3 is 14.6 Å². The molecule has 29 heavy (non-hydrogen) atoms. The molecule has 1 fully saturated rings. The fourth-order valence-corrected chi connectivity index (χ4v) is 4.03.